The minimum absolute atomic E-state index is 0.464. The molecule has 0 aromatic heterocycles. The van der Waals surface area contributed by atoms with E-state index in [-0.39, 0.29) is 0 Å². The van der Waals surface area contributed by atoms with Gasteiger partial charge in [-0.1, -0.05) is 29.8 Å². The highest BCUT2D eigenvalue weighted by Gasteiger charge is 2.06. The molecule has 0 saturated carbocycles. The van der Waals surface area contributed by atoms with Crippen molar-refractivity contribution in [3.05, 3.63) is 58.1 Å². The van der Waals surface area contributed by atoms with Gasteiger partial charge in [-0.25, -0.2) is 0 Å². The van der Waals surface area contributed by atoms with Crippen LogP contribution in [0.3, 0.4) is 0 Å². The number of hydrogen-bond acceptors (Lipinski definition) is 2. The zero-order valence-electron chi connectivity index (χ0n) is 10.5. The Kier molecular flexibility index (Phi) is 3.78. The predicted octanol–water partition coefficient (Wildman–Crippen LogP) is 4.12. The third-order valence-electron chi connectivity index (χ3n) is 2.81. The second-order valence-electron chi connectivity index (χ2n) is 4.36. The molecule has 0 saturated heterocycles. The first-order valence-electron chi connectivity index (χ1n) is 5.81. The zero-order valence-corrected chi connectivity index (χ0v) is 11.3. The molecule has 0 aliphatic carbocycles. The number of halogens is 1. The standard InChI is InChI=1S/C15H16ClNO/c1-10-7-13(17)8-11(2)15(10)18-9-12-5-3-4-6-14(12)16/h3-8H,9,17H2,1-2H3. The minimum atomic E-state index is 0.464. The van der Waals surface area contributed by atoms with Gasteiger partial charge in [-0.2, -0.15) is 0 Å². The van der Waals surface area contributed by atoms with Crippen molar-refractivity contribution in [1.82, 2.24) is 0 Å². The van der Waals surface area contributed by atoms with Gasteiger partial charge >= 0.3 is 0 Å². The lowest BCUT2D eigenvalue weighted by atomic mass is 10.1. The molecule has 2 nitrogen and oxygen atoms in total. The first-order valence-corrected chi connectivity index (χ1v) is 6.18. The number of rotatable bonds is 3. The molecule has 18 heavy (non-hydrogen) atoms. The van der Waals surface area contributed by atoms with Crippen LogP contribution in [0.4, 0.5) is 5.69 Å². The van der Waals surface area contributed by atoms with Crippen LogP contribution < -0.4 is 10.5 Å². The number of ether oxygens (including phenoxy) is 1. The lowest BCUT2D eigenvalue weighted by Gasteiger charge is -2.13. The lowest BCUT2D eigenvalue weighted by molar-refractivity contribution is 0.302. The smallest absolute Gasteiger partial charge is 0.125 e. The number of benzene rings is 2. The van der Waals surface area contributed by atoms with Gasteiger partial charge in [0, 0.05) is 16.3 Å². The fourth-order valence-corrected chi connectivity index (χ4v) is 2.17. The third kappa shape index (κ3) is 2.77. The Morgan fingerprint density at radius 1 is 1.11 bits per heavy atom. The van der Waals surface area contributed by atoms with Gasteiger partial charge in [-0.3, -0.25) is 0 Å². The van der Waals surface area contributed by atoms with Crippen LogP contribution in [0.25, 0.3) is 0 Å². The molecule has 2 aromatic rings. The average molecular weight is 262 g/mol. The van der Waals surface area contributed by atoms with Gasteiger partial charge in [-0.15, -0.1) is 0 Å². The maximum atomic E-state index is 6.10. The maximum Gasteiger partial charge on any atom is 0.125 e. The van der Waals surface area contributed by atoms with Crippen LogP contribution >= 0.6 is 11.6 Å². The van der Waals surface area contributed by atoms with Crippen molar-refractivity contribution in [2.24, 2.45) is 0 Å². The summed E-state index contributed by atoms with van der Waals surface area (Å²) in [5.41, 5.74) is 9.61. The predicted molar refractivity (Wildman–Crippen MR) is 76.1 cm³/mol. The Hall–Kier alpha value is -1.67. The van der Waals surface area contributed by atoms with E-state index in [0.717, 1.165) is 33.1 Å². The number of hydrogen-bond donors (Lipinski definition) is 1. The van der Waals surface area contributed by atoms with Crippen molar-refractivity contribution in [1.29, 1.82) is 0 Å². The molecule has 0 aliphatic rings. The second kappa shape index (κ2) is 5.32. The molecular weight excluding hydrogens is 246 g/mol. The minimum Gasteiger partial charge on any atom is -0.488 e. The summed E-state index contributed by atoms with van der Waals surface area (Å²) in [6, 6.07) is 11.5. The molecule has 0 heterocycles. The van der Waals surface area contributed by atoms with Crippen molar-refractivity contribution in [3.8, 4) is 5.75 Å². The van der Waals surface area contributed by atoms with E-state index in [1.165, 1.54) is 0 Å². The van der Waals surface area contributed by atoms with E-state index in [0.29, 0.717) is 6.61 Å². The van der Waals surface area contributed by atoms with Crippen LogP contribution in [-0.4, -0.2) is 0 Å². The van der Waals surface area contributed by atoms with E-state index in [4.69, 9.17) is 22.1 Å². The topological polar surface area (TPSA) is 35.2 Å². The number of nitrogens with two attached hydrogens (primary N) is 1. The number of anilines is 1. The van der Waals surface area contributed by atoms with E-state index >= 15 is 0 Å². The first kappa shape index (κ1) is 12.8. The Labute approximate surface area is 112 Å². The summed E-state index contributed by atoms with van der Waals surface area (Å²) >= 11 is 6.10. The van der Waals surface area contributed by atoms with Crippen LogP contribution in [0.15, 0.2) is 36.4 Å². The summed E-state index contributed by atoms with van der Waals surface area (Å²) in [7, 11) is 0. The Balaban J connectivity index is 2.19. The van der Waals surface area contributed by atoms with E-state index in [1.54, 1.807) is 0 Å². The van der Waals surface area contributed by atoms with E-state index in [9.17, 15) is 0 Å². The van der Waals surface area contributed by atoms with Crippen molar-refractivity contribution < 1.29 is 4.74 Å². The lowest BCUT2D eigenvalue weighted by Crippen LogP contribution is -2.00. The highest BCUT2D eigenvalue weighted by Crippen LogP contribution is 2.27. The third-order valence-corrected chi connectivity index (χ3v) is 3.18. The SMILES string of the molecule is Cc1cc(N)cc(C)c1OCc1ccccc1Cl. The quantitative estimate of drug-likeness (QED) is 0.844. The van der Waals surface area contributed by atoms with Crippen LogP contribution in [0, 0.1) is 13.8 Å². The maximum absolute atomic E-state index is 6.10. The molecule has 0 aliphatic heterocycles. The average Bonchev–Trinajstić information content (AvgIpc) is 2.30. The molecule has 0 bridgehead atoms. The molecule has 2 rings (SSSR count). The molecule has 2 N–H and O–H groups in total. The molecule has 0 amide bonds. The Morgan fingerprint density at radius 2 is 1.72 bits per heavy atom. The van der Waals surface area contributed by atoms with Crippen molar-refractivity contribution in [2.45, 2.75) is 20.5 Å². The fraction of sp³-hybridized carbons (Fsp3) is 0.200. The molecule has 0 atom stereocenters. The number of aryl methyl sites for hydroxylation is 2. The molecule has 94 valence electrons. The molecule has 0 fully saturated rings. The molecule has 0 spiro atoms. The summed E-state index contributed by atoms with van der Waals surface area (Å²) in [5.74, 6) is 0.879. The summed E-state index contributed by atoms with van der Waals surface area (Å²) in [6.45, 7) is 4.45. The second-order valence-corrected chi connectivity index (χ2v) is 4.77. The fourth-order valence-electron chi connectivity index (χ4n) is 1.98. The van der Waals surface area contributed by atoms with Gasteiger partial charge < -0.3 is 10.5 Å². The highest BCUT2D eigenvalue weighted by atomic mass is 35.5. The summed E-state index contributed by atoms with van der Waals surface area (Å²) in [5, 5.41) is 0.725. The van der Waals surface area contributed by atoms with Gasteiger partial charge in [0.05, 0.1) is 0 Å². The van der Waals surface area contributed by atoms with Crippen LogP contribution in [0.5, 0.6) is 5.75 Å². The van der Waals surface area contributed by atoms with Crippen LogP contribution in [0.1, 0.15) is 16.7 Å². The van der Waals surface area contributed by atoms with E-state index < -0.39 is 0 Å². The summed E-state index contributed by atoms with van der Waals surface area (Å²) in [4.78, 5) is 0. The van der Waals surface area contributed by atoms with E-state index in [2.05, 4.69) is 0 Å². The molecule has 3 heteroatoms. The molecule has 2 aromatic carbocycles. The Bertz CT molecular complexity index is 543. The highest BCUT2D eigenvalue weighted by molar-refractivity contribution is 6.31. The van der Waals surface area contributed by atoms with Crippen molar-refractivity contribution in [3.63, 3.8) is 0 Å². The normalized spacial score (nSPS) is 10.4. The first-order chi connectivity index (χ1) is 8.58. The largest absolute Gasteiger partial charge is 0.488 e. The van der Waals surface area contributed by atoms with Gasteiger partial charge in [0.1, 0.15) is 12.4 Å². The number of nitrogen functional groups attached to an aromatic ring is 1. The molecule has 0 unspecified atom stereocenters. The van der Waals surface area contributed by atoms with Gasteiger partial charge in [0.15, 0.2) is 0 Å². The molecule has 0 radical (unpaired) electrons. The Morgan fingerprint density at radius 3 is 2.33 bits per heavy atom. The monoisotopic (exact) mass is 261 g/mol. The van der Waals surface area contributed by atoms with Crippen molar-refractivity contribution in [2.75, 3.05) is 5.73 Å². The van der Waals surface area contributed by atoms with Gasteiger partial charge in [0.25, 0.3) is 0 Å². The summed E-state index contributed by atoms with van der Waals surface area (Å²) in [6.07, 6.45) is 0. The van der Waals surface area contributed by atoms with Crippen LogP contribution in [0.2, 0.25) is 5.02 Å². The molecular formula is C15H16ClNO. The van der Waals surface area contributed by atoms with Crippen LogP contribution in [-0.2, 0) is 6.61 Å². The van der Waals surface area contributed by atoms with Crippen molar-refractivity contribution >= 4 is 17.3 Å². The zero-order chi connectivity index (χ0) is 13.1. The summed E-state index contributed by atoms with van der Waals surface area (Å²) < 4.78 is 5.85. The van der Waals surface area contributed by atoms with Gasteiger partial charge in [-0.05, 0) is 43.2 Å². The van der Waals surface area contributed by atoms with Gasteiger partial charge in [0.2, 0.25) is 0 Å². The van der Waals surface area contributed by atoms with E-state index in [1.807, 2.05) is 50.2 Å².